The summed E-state index contributed by atoms with van der Waals surface area (Å²) in [4.78, 5) is 38.5. The van der Waals surface area contributed by atoms with Gasteiger partial charge in [0.2, 0.25) is 0 Å². The maximum Gasteiger partial charge on any atom is 0.335 e. The van der Waals surface area contributed by atoms with E-state index in [0.29, 0.717) is 23.7 Å². The molecule has 0 unspecified atom stereocenters. The highest BCUT2D eigenvalue weighted by Crippen LogP contribution is 2.31. The third kappa shape index (κ3) is 5.35. The number of ether oxygens (including phenoxy) is 2. The van der Waals surface area contributed by atoms with Crippen molar-refractivity contribution in [3.8, 4) is 11.5 Å². The summed E-state index contributed by atoms with van der Waals surface area (Å²) < 4.78 is 37.8. The molecule has 4 amide bonds. The Morgan fingerprint density at radius 3 is 2.17 bits per heavy atom. The van der Waals surface area contributed by atoms with Gasteiger partial charge in [0.05, 0.1) is 12.3 Å². The van der Waals surface area contributed by atoms with Crippen molar-refractivity contribution in [1.29, 1.82) is 0 Å². The first-order valence-electron chi connectivity index (χ1n) is 10.7. The van der Waals surface area contributed by atoms with Crippen molar-refractivity contribution in [3.63, 3.8) is 0 Å². The highest BCUT2D eigenvalue weighted by Gasteiger charge is 2.36. The van der Waals surface area contributed by atoms with Gasteiger partial charge in [0.25, 0.3) is 11.8 Å². The van der Waals surface area contributed by atoms with Crippen molar-refractivity contribution >= 4 is 29.6 Å². The molecule has 0 radical (unpaired) electrons. The molecule has 1 N–H and O–H groups in total. The van der Waals surface area contributed by atoms with E-state index in [4.69, 9.17) is 9.47 Å². The van der Waals surface area contributed by atoms with Crippen molar-refractivity contribution < 1.29 is 32.6 Å². The van der Waals surface area contributed by atoms with Crippen LogP contribution in [0.5, 0.6) is 11.5 Å². The van der Waals surface area contributed by atoms with Crippen LogP contribution in [0.25, 0.3) is 6.08 Å². The Morgan fingerprint density at radius 1 is 0.857 bits per heavy atom. The first-order chi connectivity index (χ1) is 16.9. The minimum Gasteiger partial charge on any atom is -0.490 e. The summed E-state index contributed by atoms with van der Waals surface area (Å²) in [6.07, 6.45) is 1.33. The Balaban J connectivity index is 1.60. The normalized spacial score (nSPS) is 14.8. The molecular weight excluding hydrogens is 458 g/mol. The van der Waals surface area contributed by atoms with Crippen molar-refractivity contribution in [2.75, 3.05) is 11.5 Å². The number of rotatable bonds is 7. The molecule has 1 heterocycles. The number of barbiturate groups is 1. The zero-order valence-corrected chi connectivity index (χ0v) is 18.6. The number of hydrogen-bond acceptors (Lipinski definition) is 5. The van der Waals surface area contributed by atoms with E-state index in [-0.39, 0.29) is 23.7 Å². The highest BCUT2D eigenvalue weighted by molar-refractivity contribution is 6.39. The van der Waals surface area contributed by atoms with Crippen LogP contribution < -0.4 is 19.7 Å². The summed E-state index contributed by atoms with van der Waals surface area (Å²) in [7, 11) is 0. The van der Waals surface area contributed by atoms with E-state index in [1.54, 1.807) is 37.3 Å². The van der Waals surface area contributed by atoms with Gasteiger partial charge in [0, 0.05) is 0 Å². The Labute approximate surface area is 199 Å². The van der Waals surface area contributed by atoms with Crippen molar-refractivity contribution in [3.05, 3.63) is 95.1 Å². The standard InChI is InChI=1S/C26H20F2N2O5/c1-2-34-23-14-17(5-12-22(23)35-15-16-3-6-18(27)7-4-16)13-21-24(31)29-26(33)30(25(21)32)20-10-8-19(28)9-11-20/h3-14H,2,15H2,1H3,(H,29,31,33)/b21-13+. The second-order valence-electron chi connectivity index (χ2n) is 7.49. The number of hydrogen-bond donors (Lipinski definition) is 1. The zero-order chi connectivity index (χ0) is 24.9. The predicted octanol–water partition coefficient (Wildman–Crippen LogP) is 4.61. The van der Waals surface area contributed by atoms with E-state index in [9.17, 15) is 23.2 Å². The van der Waals surface area contributed by atoms with Crippen LogP contribution in [0.15, 0.2) is 72.3 Å². The molecule has 7 nitrogen and oxygen atoms in total. The monoisotopic (exact) mass is 478 g/mol. The predicted molar refractivity (Wildman–Crippen MR) is 124 cm³/mol. The molecule has 1 saturated heterocycles. The van der Waals surface area contributed by atoms with Crippen LogP contribution in [-0.2, 0) is 16.2 Å². The van der Waals surface area contributed by atoms with E-state index < -0.39 is 23.7 Å². The quantitative estimate of drug-likeness (QED) is 0.396. The molecule has 35 heavy (non-hydrogen) atoms. The molecule has 0 bridgehead atoms. The third-order valence-corrected chi connectivity index (χ3v) is 5.07. The van der Waals surface area contributed by atoms with Crippen LogP contribution in [0.4, 0.5) is 19.3 Å². The van der Waals surface area contributed by atoms with Gasteiger partial charge in [-0.15, -0.1) is 0 Å². The maximum atomic E-state index is 13.3. The average Bonchev–Trinajstić information content (AvgIpc) is 2.83. The fraction of sp³-hybridized carbons (Fsp3) is 0.115. The van der Waals surface area contributed by atoms with Gasteiger partial charge in [-0.05, 0) is 72.7 Å². The van der Waals surface area contributed by atoms with Crippen LogP contribution in [0.3, 0.4) is 0 Å². The van der Waals surface area contributed by atoms with Gasteiger partial charge in [-0.2, -0.15) is 0 Å². The minimum absolute atomic E-state index is 0.117. The smallest absolute Gasteiger partial charge is 0.335 e. The zero-order valence-electron chi connectivity index (χ0n) is 18.6. The molecule has 4 rings (SSSR count). The van der Waals surface area contributed by atoms with Crippen molar-refractivity contribution in [1.82, 2.24) is 5.32 Å². The maximum absolute atomic E-state index is 13.3. The van der Waals surface area contributed by atoms with Gasteiger partial charge in [0.1, 0.15) is 23.8 Å². The van der Waals surface area contributed by atoms with Crippen LogP contribution in [0.2, 0.25) is 0 Å². The first-order valence-corrected chi connectivity index (χ1v) is 10.7. The van der Waals surface area contributed by atoms with Crippen molar-refractivity contribution in [2.45, 2.75) is 13.5 Å². The van der Waals surface area contributed by atoms with Gasteiger partial charge >= 0.3 is 6.03 Å². The molecule has 0 aromatic heterocycles. The number of nitrogens with zero attached hydrogens (tertiary/aromatic N) is 1. The lowest BCUT2D eigenvalue weighted by Crippen LogP contribution is -2.54. The highest BCUT2D eigenvalue weighted by atomic mass is 19.1. The molecule has 9 heteroatoms. The van der Waals surface area contributed by atoms with E-state index in [2.05, 4.69) is 5.32 Å². The van der Waals surface area contributed by atoms with E-state index in [1.807, 2.05) is 0 Å². The van der Waals surface area contributed by atoms with Crippen molar-refractivity contribution in [2.24, 2.45) is 0 Å². The molecule has 1 aliphatic heterocycles. The van der Waals surface area contributed by atoms with Gasteiger partial charge in [-0.3, -0.25) is 14.9 Å². The summed E-state index contributed by atoms with van der Waals surface area (Å²) in [6, 6.07) is 14.5. The van der Waals surface area contributed by atoms with Crippen LogP contribution in [0.1, 0.15) is 18.1 Å². The number of amides is 4. The van der Waals surface area contributed by atoms with Gasteiger partial charge in [-0.1, -0.05) is 18.2 Å². The number of halogens is 2. The Morgan fingerprint density at radius 2 is 1.51 bits per heavy atom. The second-order valence-corrected chi connectivity index (χ2v) is 7.49. The molecule has 178 valence electrons. The number of urea groups is 1. The van der Waals surface area contributed by atoms with Crippen LogP contribution in [-0.4, -0.2) is 24.5 Å². The molecule has 0 saturated carbocycles. The molecule has 1 fully saturated rings. The van der Waals surface area contributed by atoms with E-state index in [1.165, 1.54) is 30.3 Å². The molecule has 3 aromatic rings. The largest absolute Gasteiger partial charge is 0.490 e. The third-order valence-electron chi connectivity index (χ3n) is 5.07. The lowest BCUT2D eigenvalue weighted by atomic mass is 10.1. The molecule has 1 aliphatic rings. The summed E-state index contributed by atoms with van der Waals surface area (Å²) in [6.45, 7) is 2.30. The number of imide groups is 2. The fourth-order valence-electron chi connectivity index (χ4n) is 3.39. The minimum atomic E-state index is -0.927. The van der Waals surface area contributed by atoms with Gasteiger partial charge in [0.15, 0.2) is 11.5 Å². The molecule has 0 aliphatic carbocycles. The molecule has 0 atom stereocenters. The fourth-order valence-corrected chi connectivity index (χ4v) is 3.39. The number of benzene rings is 3. The Bertz CT molecular complexity index is 1300. The number of carbonyl (C=O) groups excluding carboxylic acids is 3. The van der Waals surface area contributed by atoms with E-state index in [0.717, 1.165) is 22.6 Å². The summed E-state index contributed by atoms with van der Waals surface area (Å²) >= 11 is 0. The first kappa shape index (κ1) is 23.6. The SMILES string of the molecule is CCOc1cc(/C=C2\C(=O)NC(=O)N(c3ccc(F)cc3)C2=O)ccc1OCc1ccc(F)cc1. The Hall–Kier alpha value is -4.53. The number of nitrogens with one attached hydrogen (secondary N) is 1. The number of anilines is 1. The molecule has 0 spiro atoms. The lowest BCUT2D eigenvalue weighted by Gasteiger charge is -2.26. The average molecular weight is 478 g/mol. The Kier molecular flexibility index (Phi) is 6.86. The van der Waals surface area contributed by atoms with Gasteiger partial charge < -0.3 is 9.47 Å². The van der Waals surface area contributed by atoms with Crippen LogP contribution >= 0.6 is 0 Å². The van der Waals surface area contributed by atoms with Crippen LogP contribution in [0, 0.1) is 11.6 Å². The lowest BCUT2D eigenvalue weighted by molar-refractivity contribution is -0.122. The number of carbonyl (C=O) groups is 3. The summed E-state index contributed by atoms with van der Waals surface area (Å²) in [5.41, 5.74) is 1.05. The van der Waals surface area contributed by atoms with E-state index >= 15 is 0 Å². The van der Waals surface area contributed by atoms with Gasteiger partial charge in [-0.25, -0.2) is 18.5 Å². The summed E-state index contributed by atoms with van der Waals surface area (Å²) in [5.74, 6) is -1.79. The molecule has 3 aromatic carbocycles. The summed E-state index contributed by atoms with van der Waals surface area (Å²) in [5, 5.41) is 2.12. The second kappa shape index (κ2) is 10.2. The topological polar surface area (TPSA) is 84.9 Å². The molecular formula is C26H20F2N2O5.